The van der Waals surface area contributed by atoms with Crippen molar-refractivity contribution in [2.24, 2.45) is 5.92 Å². The second-order valence-electron chi connectivity index (χ2n) is 9.91. The Morgan fingerprint density at radius 2 is 1.61 bits per heavy atom. The third-order valence-electron chi connectivity index (χ3n) is 6.66. The average molecular weight is 650 g/mol. The number of pyridine rings is 1. The predicted molar refractivity (Wildman–Crippen MR) is 145 cm³/mol. The van der Waals surface area contributed by atoms with Gasteiger partial charge in [-0.05, 0) is 42.7 Å². The van der Waals surface area contributed by atoms with Crippen LogP contribution >= 0.6 is 11.3 Å². The molecule has 0 aromatic carbocycles. The molecule has 1 aliphatic heterocycles. The Kier molecular flexibility index (Phi) is 11.9. The number of carbonyl (C=O) groups excluding carboxylic acids is 1. The molecule has 3 aromatic rings. The largest absolute Gasteiger partial charge is 0.490 e. The lowest BCUT2D eigenvalue weighted by molar-refractivity contribution is -0.193. The van der Waals surface area contributed by atoms with E-state index in [1.165, 1.54) is 36.1 Å². The fraction of sp³-hybridized carbons (Fsp3) is 0.444. The minimum atomic E-state index is -5.08. The number of fused-ring (bicyclic) bond motifs is 3. The molecule has 0 unspecified atom stereocenters. The molecule has 0 spiro atoms. The summed E-state index contributed by atoms with van der Waals surface area (Å²) in [6, 6.07) is 8.26. The smallest absolute Gasteiger partial charge is 0.475 e. The molecule has 3 aromatic heterocycles. The molecular weight excluding hydrogens is 620 g/mol. The number of halogens is 6. The highest BCUT2D eigenvalue weighted by Gasteiger charge is 2.39. The Balaban J connectivity index is 0.000000317. The van der Waals surface area contributed by atoms with E-state index in [0.717, 1.165) is 43.5 Å². The topological polar surface area (TPSA) is 138 Å². The van der Waals surface area contributed by atoms with Gasteiger partial charge in [-0.15, -0.1) is 11.3 Å². The molecule has 44 heavy (non-hydrogen) atoms. The zero-order chi connectivity index (χ0) is 32.5. The number of rotatable bonds is 6. The van der Waals surface area contributed by atoms with Crippen LogP contribution in [0.3, 0.4) is 0 Å². The van der Waals surface area contributed by atoms with Crippen LogP contribution in [0.4, 0.5) is 26.3 Å². The van der Waals surface area contributed by atoms with E-state index in [0.29, 0.717) is 12.1 Å². The number of hydrogen-bond donors (Lipinski definition) is 3. The summed E-state index contributed by atoms with van der Waals surface area (Å²) in [5.41, 5.74) is 2.78. The van der Waals surface area contributed by atoms with Crippen LogP contribution in [0.1, 0.15) is 52.2 Å². The second-order valence-corrected chi connectivity index (χ2v) is 10.9. The molecule has 0 saturated heterocycles. The number of alkyl halides is 6. The van der Waals surface area contributed by atoms with Gasteiger partial charge in [0, 0.05) is 42.8 Å². The molecule has 10 nitrogen and oxygen atoms in total. The van der Waals surface area contributed by atoms with E-state index < -0.39 is 24.3 Å². The first-order valence-corrected chi connectivity index (χ1v) is 14.2. The van der Waals surface area contributed by atoms with E-state index in [-0.39, 0.29) is 5.91 Å². The van der Waals surface area contributed by atoms with Crippen molar-refractivity contribution < 1.29 is 50.9 Å². The number of aromatic nitrogens is 3. The molecule has 0 radical (unpaired) electrons. The molecule has 5 rings (SSSR count). The summed E-state index contributed by atoms with van der Waals surface area (Å²) >= 11 is 1.72. The van der Waals surface area contributed by atoms with E-state index in [2.05, 4.69) is 37.8 Å². The van der Waals surface area contributed by atoms with E-state index in [1.54, 1.807) is 23.7 Å². The Hall–Kier alpha value is -3.99. The van der Waals surface area contributed by atoms with Crippen LogP contribution in [0, 0.1) is 5.92 Å². The summed E-state index contributed by atoms with van der Waals surface area (Å²) in [6.07, 6.45) is -0.507. The van der Waals surface area contributed by atoms with E-state index in [1.807, 2.05) is 16.8 Å². The first kappa shape index (κ1) is 34.5. The molecule has 1 saturated carbocycles. The highest BCUT2D eigenvalue weighted by molar-refractivity contribution is 7.09. The first-order chi connectivity index (χ1) is 20.7. The predicted octanol–water partition coefficient (Wildman–Crippen LogP) is 5.07. The molecule has 0 bridgehead atoms. The molecule has 17 heteroatoms. The van der Waals surface area contributed by atoms with E-state index >= 15 is 0 Å². The summed E-state index contributed by atoms with van der Waals surface area (Å²) in [6.45, 7) is 3.27. The lowest BCUT2D eigenvalue weighted by Gasteiger charge is -2.24. The van der Waals surface area contributed by atoms with Gasteiger partial charge in [-0.1, -0.05) is 25.0 Å². The number of carboxylic acids is 2. The van der Waals surface area contributed by atoms with Crippen LogP contribution in [0.2, 0.25) is 0 Å². The van der Waals surface area contributed by atoms with Gasteiger partial charge in [0.15, 0.2) is 5.82 Å². The quantitative estimate of drug-likeness (QED) is 0.315. The van der Waals surface area contributed by atoms with Crippen molar-refractivity contribution in [3.05, 3.63) is 63.7 Å². The van der Waals surface area contributed by atoms with Crippen LogP contribution < -0.4 is 5.32 Å². The number of carboxylic acid groups (broad SMARTS) is 2. The van der Waals surface area contributed by atoms with Crippen molar-refractivity contribution in [1.82, 2.24) is 25.0 Å². The van der Waals surface area contributed by atoms with Gasteiger partial charge >= 0.3 is 24.3 Å². The van der Waals surface area contributed by atoms with E-state index in [4.69, 9.17) is 19.8 Å². The fourth-order valence-corrected chi connectivity index (χ4v) is 5.40. The van der Waals surface area contributed by atoms with Gasteiger partial charge in [0.1, 0.15) is 0 Å². The van der Waals surface area contributed by atoms with Gasteiger partial charge in [-0.25, -0.2) is 19.3 Å². The molecule has 4 heterocycles. The van der Waals surface area contributed by atoms with Gasteiger partial charge < -0.3 is 15.5 Å². The van der Waals surface area contributed by atoms with Gasteiger partial charge in [0.05, 0.1) is 17.5 Å². The fourth-order valence-electron chi connectivity index (χ4n) is 4.69. The highest BCUT2D eigenvalue weighted by Crippen LogP contribution is 2.30. The van der Waals surface area contributed by atoms with Crippen LogP contribution in [0.25, 0.3) is 5.82 Å². The number of thiophene rings is 1. The zero-order valence-electron chi connectivity index (χ0n) is 23.1. The number of hydrogen-bond acceptors (Lipinski definition) is 7. The molecule has 240 valence electrons. The lowest BCUT2D eigenvalue weighted by Crippen LogP contribution is -2.30. The van der Waals surface area contributed by atoms with Crippen molar-refractivity contribution >= 4 is 29.2 Å². The van der Waals surface area contributed by atoms with Crippen LogP contribution in [-0.2, 0) is 29.1 Å². The average Bonchev–Trinajstić information content (AvgIpc) is 3.71. The Bertz CT molecular complexity index is 1380. The minimum Gasteiger partial charge on any atom is -0.475 e. The summed E-state index contributed by atoms with van der Waals surface area (Å²) in [4.78, 5) is 39.1. The number of nitrogens with zero attached hydrogens (tertiary/aromatic N) is 4. The normalized spacial score (nSPS) is 15.0. The van der Waals surface area contributed by atoms with Crippen molar-refractivity contribution in [1.29, 1.82) is 0 Å². The third-order valence-corrected chi connectivity index (χ3v) is 7.60. The maximum absolute atomic E-state index is 13.0. The van der Waals surface area contributed by atoms with Gasteiger partial charge in [0.2, 0.25) is 0 Å². The van der Waals surface area contributed by atoms with Gasteiger partial charge in [-0.2, -0.15) is 31.4 Å². The molecule has 0 atom stereocenters. The van der Waals surface area contributed by atoms with Crippen LogP contribution in [0.15, 0.2) is 42.0 Å². The zero-order valence-corrected chi connectivity index (χ0v) is 23.9. The Labute approximate surface area is 251 Å². The number of amides is 1. The van der Waals surface area contributed by atoms with Crippen molar-refractivity contribution in [3.8, 4) is 5.82 Å². The highest BCUT2D eigenvalue weighted by atomic mass is 32.1. The van der Waals surface area contributed by atoms with Crippen molar-refractivity contribution in [2.45, 2.75) is 57.5 Å². The maximum atomic E-state index is 13.0. The van der Waals surface area contributed by atoms with Crippen molar-refractivity contribution in [2.75, 3.05) is 13.1 Å². The van der Waals surface area contributed by atoms with Crippen LogP contribution in [0.5, 0.6) is 0 Å². The Morgan fingerprint density at radius 1 is 0.977 bits per heavy atom. The number of nitrogens with one attached hydrogen (secondary N) is 1. The first-order valence-electron chi connectivity index (χ1n) is 13.3. The molecule has 2 aliphatic rings. The summed E-state index contributed by atoms with van der Waals surface area (Å²) < 4.78 is 65.3. The monoisotopic (exact) mass is 649 g/mol. The minimum absolute atomic E-state index is 0.0481. The van der Waals surface area contributed by atoms with Crippen molar-refractivity contribution in [3.63, 3.8) is 0 Å². The maximum Gasteiger partial charge on any atom is 0.490 e. The lowest BCUT2D eigenvalue weighted by atomic mass is 10.1. The van der Waals surface area contributed by atoms with Gasteiger partial charge in [-0.3, -0.25) is 9.69 Å². The number of aliphatic carboxylic acids is 2. The third kappa shape index (κ3) is 10.0. The molecule has 3 N–H and O–H groups in total. The summed E-state index contributed by atoms with van der Waals surface area (Å²) in [5, 5.41) is 24.0. The Morgan fingerprint density at radius 3 is 2.18 bits per heavy atom. The molecule has 1 amide bonds. The van der Waals surface area contributed by atoms with E-state index in [9.17, 15) is 31.1 Å². The second kappa shape index (κ2) is 15.1. The summed E-state index contributed by atoms with van der Waals surface area (Å²) in [5.74, 6) is -3.96. The molecule has 1 aliphatic carbocycles. The SMILES string of the molecule is O=C(NCCc1cccs1)c1cnn2c1CN(CC1CCCC1)Cc1cccnc1-2.O=C(O)C(F)(F)F.O=C(O)C(F)(F)F. The molecule has 1 fully saturated rings. The van der Waals surface area contributed by atoms with Crippen LogP contribution in [-0.4, -0.2) is 73.2 Å². The van der Waals surface area contributed by atoms with Gasteiger partial charge in [0.25, 0.3) is 5.91 Å². The standard InChI is InChI=1S/C23H27N5OS.2C2HF3O2/c29-23(25-11-9-19-8-4-12-30-19)20-13-26-28-21(20)16-27(14-17-5-1-2-6-17)15-18-7-3-10-24-22(18)28;2*3-2(4,5)1(6)7/h3-4,7-8,10,12-13,17H,1-2,5-6,9,11,14-16H2,(H,25,29);2*(H,6,7). The summed E-state index contributed by atoms with van der Waals surface area (Å²) in [7, 11) is 0. The molecular formula is C27H29F6N5O5S. The number of carbonyl (C=O) groups is 3.